The highest BCUT2D eigenvalue weighted by molar-refractivity contribution is 5.89. The van der Waals surface area contributed by atoms with Gasteiger partial charge in [-0.2, -0.15) is 0 Å². The van der Waals surface area contributed by atoms with Crippen molar-refractivity contribution in [2.75, 3.05) is 6.54 Å². The molecule has 5 nitrogen and oxygen atoms in total. The van der Waals surface area contributed by atoms with Gasteiger partial charge in [-0.15, -0.1) is 0 Å². The van der Waals surface area contributed by atoms with Crippen molar-refractivity contribution in [2.24, 2.45) is 0 Å². The molecule has 146 valence electrons. The average molecular weight is 379 g/mol. The predicted molar refractivity (Wildman–Crippen MR) is 108 cm³/mol. The van der Waals surface area contributed by atoms with Gasteiger partial charge in [0.05, 0.1) is 11.6 Å². The molecule has 5 heteroatoms. The number of aryl methyl sites for hydroxylation is 1. The Bertz CT molecular complexity index is 942. The van der Waals surface area contributed by atoms with E-state index in [0.29, 0.717) is 18.5 Å². The molecule has 1 aromatic heterocycles. The van der Waals surface area contributed by atoms with Crippen LogP contribution in [0.15, 0.2) is 59.0 Å². The first-order chi connectivity index (χ1) is 13.5. The van der Waals surface area contributed by atoms with Gasteiger partial charge in [0, 0.05) is 18.4 Å². The van der Waals surface area contributed by atoms with Crippen LogP contribution in [0.25, 0.3) is 11.0 Å². The number of carbonyl (C=O) groups excluding carboxylic acids is 1. The van der Waals surface area contributed by atoms with Gasteiger partial charge in [0.1, 0.15) is 11.3 Å². The molecular weight excluding hydrogens is 354 g/mol. The molecule has 0 radical (unpaired) electrons. The number of para-hydroxylation sites is 1. The van der Waals surface area contributed by atoms with E-state index in [1.807, 2.05) is 49.1 Å². The van der Waals surface area contributed by atoms with E-state index in [9.17, 15) is 14.7 Å². The molecule has 0 aliphatic heterocycles. The second-order valence-corrected chi connectivity index (χ2v) is 6.91. The zero-order valence-corrected chi connectivity index (χ0v) is 16.2. The lowest BCUT2D eigenvalue weighted by Crippen LogP contribution is -2.34. The molecule has 0 saturated carbocycles. The molecule has 1 heterocycles. The Balaban J connectivity index is 1.75. The summed E-state index contributed by atoms with van der Waals surface area (Å²) in [5.41, 5.74) is 1.74. The highest BCUT2D eigenvalue weighted by Crippen LogP contribution is 2.28. The van der Waals surface area contributed by atoms with E-state index in [1.54, 1.807) is 24.3 Å². The molecule has 1 N–H and O–H groups in total. The van der Waals surface area contributed by atoms with Crippen LogP contribution in [-0.2, 0) is 11.2 Å². The molecule has 1 amide bonds. The van der Waals surface area contributed by atoms with E-state index in [1.165, 1.54) is 0 Å². The Morgan fingerprint density at radius 1 is 1.11 bits per heavy atom. The van der Waals surface area contributed by atoms with Crippen LogP contribution in [0.3, 0.4) is 0 Å². The number of furan rings is 1. The van der Waals surface area contributed by atoms with Crippen molar-refractivity contribution < 1.29 is 19.1 Å². The highest BCUT2D eigenvalue weighted by Gasteiger charge is 2.24. The molecule has 0 aliphatic carbocycles. The standard InChI is InChI=1S/C23H25NO4/c1-3-14-24(16(2)21-15-18-9-5-7-11-20(18)28-21)22(25)13-12-17-8-4-6-10-19(17)23(26)27/h4-11,15-16H,3,12-14H2,1-2H3,(H,26,27). The number of rotatable bonds is 8. The lowest BCUT2D eigenvalue weighted by atomic mass is 10.0. The van der Waals surface area contributed by atoms with Crippen molar-refractivity contribution in [3.8, 4) is 0 Å². The number of carboxylic acid groups (broad SMARTS) is 1. The molecule has 0 saturated heterocycles. The van der Waals surface area contributed by atoms with Gasteiger partial charge >= 0.3 is 5.97 Å². The lowest BCUT2D eigenvalue weighted by Gasteiger charge is -2.28. The smallest absolute Gasteiger partial charge is 0.335 e. The number of carbonyl (C=O) groups is 2. The van der Waals surface area contributed by atoms with E-state index in [-0.39, 0.29) is 23.9 Å². The van der Waals surface area contributed by atoms with Crippen LogP contribution in [0, 0.1) is 0 Å². The number of aromatic carboxylic acids is 1. The molecule has 3 aromatic rings. The maximum atomic E-state index is 13.0. The van der Waals surface area contributed by atoms with Crippen LogP contribution in [0.2, 0.25) is 0 Å². The molecule has 0 bridgehead atoms. The topological polar surface area (TPSA) is 70.8 Å². The van der Waals surface area contributed by atoms with Crippen molar-refractivity contribution in [1.82, 2.24) is 4.90 Å². The fourth-order valence-electron chi connectivity index (χ4n) is 3.47. The number of amides is 1. The summed E-state index contributed by atoms with van der Waals surface area (Å²) in [5, 5.41) is 10.3. The summed E-state index contributed by atoms with van der Waals surface area (Å²) in [6.45, 7) is 4.62. The second-order valence-electron chi connectivity index (χ2n) is 6.91. The average Bonchev–Trinajstić information content (AvgIpc) is 3.14. The van der Waals surface area contributed by atoms with Crippen LogP contribution in [0.4, 0.5) is 0 Å². The number of nitrogens with zero attached hydrogens (tertiary/aromatic N) is 1. The SMILES string of the molecule is CCCN(C(=O)CCc1ccccc1C(=O)O)C(C)c1cc2ccccc2o1. The van der Waals surface area contributed by atoms with Gasteiger partial charge in [-0.1, -0.05) is 43.3 Å². The minimum Gasteiger partial charge on any atom is -0.478 e. The van der Waals surface area contributed by atoms with Gasteiger partial charge in [0.2, 0.25) is 5.91 Å². The first-order valence-corrected chi connectivity index (χ1v) is 9.60. The minimum absolute atomic E-state index is 0.00463. The number of hydrogen-bond acceptors (Lipinski definition) is 3. The van der Waals surface area contributed by atoms with Crippen LogP contribution < -0.4 is 0 Å². The molecule has 2 aromatic carbocycles. The third-order valence-corrected chi connectivity index (χ3v) is 4.96. The Morgan fingerprint density at radius 3 is 2.54 bits per heavy atom. The van der Waals surface area contributed by atoms with Gasteiger partial charge in [0.25, 0.3) is 0 Å². The van der Waals surface area contributed by atoms with Crippen molar-refractivity contribution in [3.05, 3.63) is 71.5 Å². The molecule has 0 aliphatic rings. The molecular formula is C23H25NO4. The van der Waals surface area contributed by atoms with Crippen LogP contribution >= 0.6 is 0 Å². The number of fused-ring (bicyclic) bond motifs is 1. The van der Waals surface area contributed by atoms with Crippen molar-refractivity contribution >= 4 is 22.8 Å². The molecule has 1 unspecified atom stereocenters. The monoisotopic (exact) mass is 379 g/mol. The van der Waals surface area contributed by atoms with E-state index in [0.717, 1.165) is 23.2 Å². The van der Waals surface area contributed by atoms with Gasteiger partial charge in [-0.25, -0.2) is 4.79 Å². The summed E-state index contributed by atoms with van der Waals surface area (Å²) in [6, 6.07) is 16.4. The zero-order chi connectivity index (χ0) is 20.1. The van der Waals surface area contributed by atoms with Crippen molar-refractivity contribution in [1.29, 1.82) is 0 Å². The van der Waals surface area contributed by atoms with E-state index >= 15 is 0 Å². The summed E-state index contributed by atoms with van der Waals surface area (Å²) >= 11 is 0. The zero-order valence-electron chi connectivity index (χ0n) is 16.2. The molecule has 1 atom stereocenters. The van der Waals surface area contributed by atoms with E-state index in [4.69, 9.17) is 4.42 Å². The minimum atomic E-state index is -0.968. The molecule has 28 heavy (non-hydrogen) atoms. The van der Waals surface area contributed by atoms with Crippen LogP contribution in [0.1, 0.15) is 54.4 Å². The van der Waals surface area contributed by atoms with Crippen LogP contribution in [-0.4, -0.2) is 28.4 Å². The van der Waals surface area contributed by atoms with E-state index in [2.05, 4.69) is 0 Å². The Kier molecular flexibility index (Phi) is 6.14. The van der Waals surface area contributed by atoms with Gasteiger partial charge < -0.3 is 14.4 Å². The quantitative estimate of drug-likeness (QED) is 0.594. The summed E-state index contributed by atoms with van der Waals surface area (Å²) in [4.78, 5) is 26.1. The van der Waals surface area contributed by atoms with Crippen molar-refractivity contribution in [3.63, 3.8) is 0 Å². The Labute approximate surface area is 164 Å². The summed E-state index contributed by atoms with van der Waals surface area (Å²) < 4.78 is 5.95. The second kappa shape index (κ2) is 8.74. The maximum absolute atomic E-state index is 13.0. The summed E-state index contributed by atoms with van der Waals surface area (Å²) in [6.07, 6.45) is 1.49. The number of benzene rings is 2. The number of carboxylic acids is 1. The lowest BCUT2D eigenvalue weighted by molar-refractivity contribution is -0.133. The fraction of sp³-hybridized carbons (Fsp3) is 0.304. The first-order valence-electron chi connectivity index (χ1n) is 9.60. The van der Waals surface area contributed by atoms with Gasteiger partial charge in [0.15, 0.2) is 0 Å². The van der Waals surface area contributed by atoms with Crippen LogP contribution in [0.5, 0.6) is 0 Å². The maximum Gasteiger partial charge on any atom is 0.335 e. The predicted octanol–water partition coefficient (Wildman–Crippen LogP) is 5.06. The third kappa shape index (κ3) is 4.25. The van der Waals surface area contributed by atoms with Crippen molar-refractivity contribution in [2.45, 2.75) is 39.2 Å². The first kappa shape index (κ1) is 19.7. The highest BCUT2D eigenvalue weighted by atomic mass is 16.4. The molecule has 3 rings (SSSR count). The third-order valence-electron chi connectivity index (χ3n) is 4.96. The normalized spacial score (nSPS) is 12.1. The largest absolute Gasteiger partial charge is 0.478 e. The fourth-order valence-corrected chi connectivity index (χ4v) is 3.47. The van der Waals surface area contributed by atoms with E-state index < -0.39 is 5.97 Å². The number of hydrogen-bond donors (Lipinski definition) is 1. The Morgan fingerprint density at radius 2 is 1.82 bits per heavy atom. The molecule has 0 fully saturated rings. The Hall–Kier alpha value is -3.08. The summed E-state index contributed by atoms with van der Waals surface area (Å²) in [7, 11) is 0. The summed E-state index contributed by atoms with van der Waals surface area (Å²) in [5.74, 6) is -0.215. The van der Waals surface area contributed by atoms with Gasteiger partial charge in [-0.3, -0.25) is 4.79 Å². The van der Waals surface area contributed by atoms with Gasteiger partial charge in [-0.05, 0) is 43.5 Å². The molecule has 0 spiro atoms.